The Morgan fingerprint density at radius 3 is 2.11 bits per heavy atom. The molecule has 299 valence electrons. The molecule has 0 spiro atoms. The summed E-state index contributed by atoms with van der Waals surface area (Å²) in [6.07, 6.45) is -2.57. The molecule has 1 radical (unpaired) electrons. The molecule has 2 aromatic carbocycles. The van der Waals surface area contributed by atoms with Gasteiger partial charge < -0.3 is 39.2 Å². The number of ketones is 1. The van der Waals surface area contributed by atoms with Crippen LogP contribution in [0.25, 0.3) is 5.32 Å². The SMILES string of the molecule is COc1ccc(OCC(C[N-]C(=O)N(C)C)OC(=O)c2ccc(NC(=O)C(C(=O)C(C)(C)C)N3C(=O)OC(C)(C)C3=O)c(OC(C)C)c2)c(C(C)(C)C)c1.[Pr]. The quantitative estimate of drug-likeness (QED) is 0.171. The van der Waals surface area contributed by atoms with Crippen molar-refractivity contribution < 1.29 is 93.7 Å². The third-order valence-electron chi connectivity index (χ3n) is 8.11. The number of nitrogens with one attached hydrogen (secondary N) is 1. The third-order valence-corrected chi connectivity index (χ3v) is 8.11. The van der Waals surface area contributed by atoms with Gasteiger partial charge in [0.25, 0.3) is 11.8 Å². The van der Waals surface area contributed by atoms with Crippen LogP contribution in [0.1, 0.15) is 85.2 Å². The van der Waals surface area contributed by atoms with Crippen molar-refractivity contribution in [3.63, 3.8) is 0 Å². The molecule has 0 aliphatic carbocycles. The number of esters is 1. The summed E-state index contributed by atoms with van der Waals surface area (Å²) in [7, 11) is 4.66. The van der Waals surface area contributed by atoms with Crippen molar-refractivity contribution in [1.82, 2.24) is 9.80 Å². The Bertz CT molecular complexity index is 1760. The summed E-state index contributed by atoms with van der Waals surface area (Å²) in [5.74, 6) is -2.12. The van der Waals surface area contributed by atoms with Gasteiger partial charge in [-0.05, 0) is 76.1 Å². The first-order valence-corrected chi connectivity index (χ1v) is 17.5. The summed E-state index contributed by atoms with van der Waals surface area (Å²) in [5, 5.41) is 6.64. The number of methoxy groups -OCH3 is 1. The van der Waals surface area contributed by atoms with E-state index in [2.05, 4.69) is 10.6 Å². The Kier molecular flexibility index (Phi) is 16.1. The average Bonchev–Trinajstić information content (AvgIpc) is 3.26. The smallest absolute Gasteiger partial charge is 0.418 e. The Morgan fingerprint density at radius 1 is 0.964 bits per heavy atom. The van der Waals surface area contributed by atoms with Crippen molar-refractivity contribution in [2.24, 2.45) is 5.41 Å². The van der Waals surface area contributed by atoms with E-state index in [-0.39, 0.29) is 76.9 Å². The fourth-order valence-corrected chi connectivity index (χ4v) is 5.17. The zero-order chi connectivity index (χ0) is 40.9. The van der Waals surface area contributed by atoms with Crippen molar-refractivity contribution in [2.45, 2.75) is 98.5 Å². The van der Waals surface area contributed by atoms with Crippen LogP contribution < -0.4 is 19.5 Å². The van der Waals surface area contributed by atoms with Gasteiger partial charge in [0.2, 0.25) is 0 Å². The second-order valence-electron chi connectivity index (χ2n) is 15.9. The number of urea groups is 1. The molecule has 1 heterocycles. The van der Waals surface area contributed by atoms with Crippen molar-refractivity contribution in [1.29, 1.82) is 0 Å². The van der Waals surface area contributed by atoms with E-state index in [1.54, 1.807) is 68.0 Å². The van der Waals surface area contributed by atoms with Crippen LogP contribution in [0.15, 0.2) is 36.4 Å². The van der Waals surface area contributed by atoms with Crippen LogP contribution in [0.5, 0.6) is 17.2 Å². The molecule has 0 aromatic heterocycles. The first kappa shape index (κ1) is 47.2. The van der Waals surface area contributed by atoms with E-state index in [0.717, 1.165) is 5.56 Å². The zero-order valence-corrected chi connectivity index (χ0v) is 37.7. The van der Waals surface area contributed by atoms with Gasteiger partial charge in [0.15, 0.2) is 23.5 Å². The minimum Gasteiger partial charge on any atom is -0.497 e. The molecule has 0 bridgehead atoms. The summed E-state index contributed by atoms with van der Waals surface area (Å²) >= 11 is 0. The van der Waals surface area contributed by atoms with Gasteiger partial charge in [-0.25, -0.2) is 14.5 Å². The minimum absolute atomic E-state index is 0. The fourth-order valence-electron chi connectivity index (χ4n) is 5.17. The molecule has 2 unspecified atom stereocenters. The number of hydrogen-bond donors (Lipinski definition) is 1. The summed E-state index contributed by atoms with van der Waals surface area (Å²) in [5.41, 5.74) is -2.11. The molecule has 15 nitrogen and oxygen atoms in total. The summed E-state index contributed by atoms with van der Waals surface area (Å²) < 4.78 is 28.5. The van der Waals surface area contributed by atoms with E-state index < -0.39 is 65.0 Å². The second-order valence-corrected chi connectivity index (χ2v) is 15.9. The number of imide groups is 1. The number of hydrogen-bond acceptors (Lipinski definition) is 11. The van der Waals surface area contributed by atoms with Gasteiger partial charge in [0.05, 0.1) is 24.5 Å². The molecule has 2 aromatic rings. The number of carbonyl (C=O) groups excluding carboxylic acids is 6. The van der Waals surface area contributed by atoms with Crippen LogP contribution in [0.4, 0.5) is 15.3 Å². The molecule has 1 fully saturated rings. The third kappa shape index (κ3) is 12.3. The Balaban J connectivity index is 0.0000105. The first-order valence-electron chi connectivity index (χ1n) is 17.5. The number of Topliss-reactive ketones (excluding diaryl/α,β-unsaturated/α-hetero) is 1. The number of ether oxygens (including phenoxy) is 5. The molecule has 2 atom stereocenters. The normalized spacial score (nSPS) is 14.9. The van der Waals surface area contributed by atoms with Crippen LogP contribution in [0.3, 0.4) is 0 Å². The van der Waals surface area contributed by atoms with Crippen LogP contribution in [-0.4, -0.2) is 104 Å². The molecule has 0 saturated carbocycles. The first-order chi connectivity index (χ1) is 24.9. The zero-order valence-electron chi connectivity index (χ0n) is 34.0. The molecule has 5 amide bonds. The largest absolute Gasteiger partial charge is 0.497 e. The number of anilines is 1. The van der Waals surface area contributed by atoms with E-state index in [4.69, 9.17) is 23.7 Å². The molecule has 1 aliphatic rings. The molecule has 16 heteroatoms. The van der Waals surface area contributed by atoms with Crippen molar-refractivity contribution in [3.05, 3.63) is 52.8 Å². The molecule has 1 saturated heterocycles. The summed E-state index contributed by atoms with van der Waals surface area (Å²) in [6, 6.07) is 7.07. The van der Waals surface area contributed by atoms with E-state index in [1.807, 2.05) is 26.8 Å². The topological polar surface area (TPSA) is 181 Å². The van der Waals surface area contributed by atoms with Crippen molar-refractivity contribution in [3.8, 4) is 17.2 Å². The maximum atomic E-state index is 13.8. The minimum atomic E-state index is -1.86. The van der Waals surface area contributed by atoms with Gasteiger partial charge in [-0.2, -0.15) is 0 Å². The Morgan fingerprint density at radius 2 is 1.60 bits per heavy atom. The molecule has 1 aliphatic heterocycles. The van der Waals surface area contributed by atoms with Crippen molar-refractivity contribution >= 4 is 41.4 Å². The molecule has 55 heavy (non-hydrogen) atoms. The van der Waals surface area contributed by atoms with Crippen LogP contribution in [0, 0.1) is 46.7 Å². The molecular formula is C39H53N4O11Pr-. The van der Waals surface area contributed by atoms with Gasteiger partial charge in [0, 0.05) is 52.3 Å². The standard InChI is InChI=1S/C39H54N4O11.Pr/c1-22(2)52-29-18-23(14-16-27(29)41-32(45)30(31(44)38(6,7)8)43-34(47)39(9,10)54-36(43)49)33(46)53-25(20-40-35(48)42(11)12)21-51-28-17-15-24(50-13)19-26(28)37(3,4)5;/h14-19,22,25,30H,20-21H2,1-13H3,(H2,40,41,45,46,48);/p-1. The van der Waals surface area contributed by atoms with E-state index in [1.165, 1.54) is 36.9 Å². The maximum absolute atomic E-state index is 13.8. The van der Waals surface area contributed by atoms with Gasteiger partial charge in [-0.15, -0.1) is 0 Å². The van der Waals surface area contributed by atoms with Crippen LogP contribution in [-0.2, 0) is 29.3 Å². The monoisotopic (exact) mass is 894 g/mol. The fraction of sp³-hybridized carbons (Fsp3) is 0.538. The number of nitrogens with zero attached hydrogens (tertiary/aromatic N) is 3. The number of cyclic esters (lactones) is 1. The number of benzene rings is 2. The molecule has 1 N–H and O–H groups in total. The summed E-state index contributed by atoms with van der Waals surface area (Å²) in [4.78, 5) is 81.2. The van der Waals surface area contributed by atoms with E-state index >= 15 is 0 Å². The predicted octanol–water partition coefficient (Wildman–Crippen LogP) is 6.12. The Labute approximate surface area is 356 Å². The number of carbonyl (C=O) groups is 6. The summed E-state index contributed by atoms with van der Waals surface area (Å²) in [6.45, 7) is 16.6. The van der Waals surface area contributed by atoms with Crippen LogP contribution in [0.2, 0.25) is 0 Å². The Hall–Kier alpha value is -3.98. The van der Waals surface area contributed by atoms with Gasteiger partial charge >= 0.3 is 12.1 Å². The second kappa shape index (κ2) is 18.8. The van der Waals surface area contributed by atoms with Gasteiger partial charge in [-0.3, -0.25) is 19.2 Å². The molecular weight excluding hydrogens is 841 g/mol. The van der Waals surface area contributed by atoms with E-state index in [9.17, 15) is 28.8 Å². The van der Waals surface area contributed by atoms with Gasteiger partial charge in [0.1, 0.15) is 30.0 Å². The van der Waals surface area contributed by atoms with E-state index in [0.29, 0.717) is 16.4 Å². The average molecular weight is 895 g/mol. The number of amides is 5. The maximum Gasteiger partial charge on any atom is 0.418 e. The number of rotatable bonds is 14. The molecule has 3 rings (SSSR count). The van der Waals surface area contributed by atoms with Crippen molar-refractivity contribution in [2.75, 3.05) is 39.7 Å². The van der Waals surface area contributed by atoms with Crippen LogP contribution >= 0.6 is 0 Å². The predicted molar refractivity (Wildman–Crippen MR) is 200 cm³/mol. The van der Waals surface area contributed by atoms with Gasteiger partial charge in [-0.1, -0.05) is 55.6 Å².